The van der Waals surface area contributed by atoms with E-state index in [0.717, 1.165) is 14.9 Å². The molecule has 0 spiro atoms. The maximum atomic E-state index is 12.1. The average Bonchev–Trinajstić information content (AvgIpc) is 2.44. The van der Waals surface area contributed by atoms with Crippen LogP contribution in [-0.2, 0) is 4.79 Å². The van der Waals surface area contributed by atoms with E-state index in [-0.39, 0.29) is 11.2 Å². The number of benzene rings is 1. The van der Waals surface area contributed by atoms with Crippen LogP contribution >= 0.6 is 27.7 Å². The summed E-state index contributed by atoms with van der Waals surface area (Å²) < 4.78 is 1.71. The van der Waals surface area contributed by atoms with Crippen molar-refractivity contribution in [2.24, 2.45) is 0 Å². The van der Waals surface area contributed by atoms with E-state index >= 15 is 0 Å². The topological polar surface area (TPSA) is 56.0 Å². The summed E-state index contributed by atoms with van der Waals surface area (Å²) in [7, 11) is 0. The van der Waals surface area contributed by atoms with Gasteiger partial charge in [0.2, 0.25) is 5.91 Å². The normalized spacial score (nSPS) is 11.9. The van der Waals surface area contributed by atoms with Gasteiger partial charge >= 0.3 is 0 Å². The number of carbonyl (C=O) groups excluding carboxylic acids is 1. The molecule has 0 fully saturated rings. The molecule has 0 saturated heterocycles. The Morgan fingerprint density at radius 3 is 2.65 bits per heavy atom. The van der Waals surface area contributed by atoms with E-state index < -0.39 is 0 Å². The molecule has 2 aromatic rings. The lowest BCUT2D eigenvalue weighted by atomic mass is 10.3. The summed E-state index contributed by atoms with van der Waals surface area (Å²) >= 11 is 4.57. The lowest BCUT2D eigenvalue weighted by Gasteiger charge is -2.11. The summed E-state index contributed by atoms with van der Waals surface area (Å²) in [4.78, 5) is 12.1. The van der Waals surface area contributed by atoms with Gasteiger partial charge in [0.25, 0.3) is 5.03 Å². The average molecular weight is 353 g/mol. The molecule has 4 nitrogen and oxygen atoms in total. The fourth-order valence-corrected chi connectivity index (χ4v) is 2.63. The van der Waals surface area contributed by atoms with Crippen LogP contribution < -0.4 is 10.0 Å². The van der Waals surface area contributed by atoms with Crippen molar-refractivity contribution in [3.8, 4) is 0 Å². The van der Waals surface area contributed by atoms with Crippen LogP contribution in [0.3, 0.4) is 0 Å². The van der Waals surface area contributed by atoms with Gasteiger partial charge in [0.05, 0.1) is 5.25 Å². The maximum absolute atomic E-state index is 12.1. The van der Waals surface area contributed by atoms with Crippen molar-refractivity contribution in [3.05, 3.63) is 58.3 Å². The minimum absolute atomic E-state index is 0.138. The SMILES string of the molecule is C[C@H](Sc1cccc[n+]1[O-])C(=O)Nc1ccc(Br)cc1. The molecular formula is C14H13BrN2O2S. The van der Waals surface area contributed by atoms with Crippen LogP contribution in [0, 0.1) is 5.21 Å². The first-order chi connectivity index (χ1) is 9.56. The van der Waals surface area contributed by atoms with Crippen molar-refractivity contribution < 1.29 is 9.52 Å². The van der Waals surface area contributed by atoms with Crippen molar-refractivity contribution in [2.45, 2.75) is 17.2 Å². The zero-order valence-corrected chi connectivity index (χ0v) is 13.1. The predicted octanol–water partition coefficient (Wildman–Crippen LogP) is 3.20. The van der Waals surface area contributed by atoms with E-state index in [0.29, 0.717) is 5.03 Å². The molecule has 1 aromatic heterocycles. The molecule has 1 aromatic carbocycles. The first kappa shape index (κ1) is 14.9. The standard InChI is InChI=1S/C14H13BrN2O2S/c1-10(20-13-4-2-3-9-17(13)19)14(18)16-12-7-5-11(15)6-8-12/h2-10H,1H3,(H,16,18)/t10-/m0/s1. The molecule has 0 aliphatic rings. The molecule has 0 bridgehead atoms. The largest absolute Gasteiger partial charge is 0.618 e. The van der Waals surface area contributed by atoms with E-state index in [1.165, 1.54) is 18.0 Å². The first-order valence-corrected chi connectivity index (χ1v) is 7.65. The number of pyridine rings is 1. The molecule has 0 unspecified atom stereocenters. The number of aromatic nitrogens is 1. The van der Waals surface area contributed by atoms with Crippen molar-refractivity contribution in [3.63, 3.8) is 0 Å². The lowest BCUT2D eigenvalue weighted by molar-refractivity contribution is -0.645. The molecular weight excluding hydrogens is 340 g/mol. The van der Waals surface area contributed by atoms with Crippen LogP contribution in [0.5, 0.6) is 0 Å². The summed E-state index contributed by atoms with van der Waals surface area (Å²) in [5.41, 5.74) is 0.730. The molecule has 0 radical (unpaired) electrons. The van der Waals surface area contributed by atoms with E-state index in [4.69, 9.17) is 0 Å². The van der Waals surface area contributed by atoms with Gasteiger partial charge in [-0.05, 0) is 49.0 Å². The summed E-state index contributed by atoms with van der Waals surface area (Å²) in [5.74, 6) is -0.138. The van der Waals surface area contributed by atoms with Gasteiger partial charge in [0.1, 0.15) is 0 Å². The molecule has 20 heavy (non-hydrogen) atoms. The number of hydrogen-bond acceptors (Lipinski definition) is 3. The highest BCUT2D eigenvalue weighted by atomic mass is 79.9. The van der Waals surface area contributed by atoms with Gasteiger partial charge in [-0.1, -0.05) is 15.9 Å². The summed E-state index contributed by atoms with van der Waals surface area (Å²) in [6, 6.07) is 12.5. The number of carbonyl (C=O) groups is 1. The zero-order chi connectivity index (χ0) is 14.5. The number of nitrogens with zero attached hydrogens (tertiary/aromatic N) is 1. The highest BCUT2D eigenvalue weighted by molar-refractivity contribution is 9.10. The van der Waals surface area contributed by atoms with E-state index in [1.54, 1.807) is 25.1 Å². The molecule has 6 heteroatoms. The Morgan fingerprint density at radius 1 is 1.30 bits per heavy atom. The van der Waals surface area contributed by atoms with Crippen LogP contribution in [0.25, 0.3) is 0 Å². The molecule has 1 atom stereocenters. The Labute approximate surface area is 129 Å². The van der Waals surface area contributed by atoms with Crippen LogP contribution in [0.15, 0.2) is 58.2 Å². The van der Waals surface area contributed by atoms with Gasteiger partial charge in [-0.15, -0.1) is 0 Å². The third-order valence-electron chi connectivity index (χ3n) is 2.57. The maximum Gasteiger partial charge on any atom is 0.252 e. The van der Waals surface area contributed by atoms with Crippen LogP contribution in [0.1, 0.15) is 6.92 Å². The second kappa shape index (κ2) is 6.76. The number of rotatable bonds is 4. The second-order valence-electron chi connectivity index (χ2n) is 4.12. The molecule has 0 aliphatic carbocycles. The Hall–Kier alpha value is -1.53. The van der Waals surface area contributed by atoms with E-state index in [1.807, 2.05) is 24.3 Å². The fraction of sp³-hybridized carbons (Fsp3) is 0.143. The minimum atomic E-state index is -0.360. The third kappa shape index (κ3) is 3.98. The second-order valence-corrected chi connectivity index (χ2v) is 6.40. The van der Waals surface area contributed by atoms with Crippen molar-refractivity contribution in [1.82, 2.24) is 0 Å². The Balaban J connectivity index is 1.99. The van der Waals surface area contributed by atoms with Gasteiger partial charge in [-0.2, -0.15) is 4.73 Å². The van der Waals surface area contributed by atoms with Gasteiger partial charge < -0.3 is 10.5 Å². The van der Waals surface area contributed by atoms with E-state index in [2.05, 4.69) is 21.2 Å². The number of halogens is 1. The molecule has 1 heterocycles. The van der Waals surface area contributed by atoms with Gasteiger partial charge in [0, 0.05) is 22.3 Å². The number of anilines is 1. The number of nitrogens with one attached hydrogen (secondary N) is 1. The zero-order valence-electron chi connectivity index (χ0n) is 10.7. The van der Waals surface area contributed by atoms with Gasteiger partial charge in [0.15, 0.2) is 6.20 Å². The highest BCUT2D eigenvalue weighted by Gasteiger charge is 2.18. The summed E-state index contributed by atoms with van der Waals surface area (Å²) in [5, 5.41) is 14.5. The number of amides is 1. The van der Waals surface area contributed by atoms with Crippen molar-refractivity contribution in [1.29, 1.82) is 0 Å². The Kier molecular flexibility index (Phi) is 5.03. The molecule has 2 rings (SSSR count). The summed E-state index contributed by atoms with van der Waals surface area (Å²) in [6.07, 6.45) is 1.42. The quantitative estimate of drug-likeness (QED) is 0.522. The summed E-state index contributed by atoms with van der Waals surface area (Å²) in [6.45, 7) is 1.77. The molecule has 0 saturated carbocycles. The van der Waals surface area contributed by atoms with Gasteiger partial charge in [-0.3, -0.25) is 4.79 Å². The van der Waals surface area contributed by atoms with Crippen LogP contribution in [0.2, 0.25) is 0 Å². The van der Waals surface area contributed by atoms with Crippen LogP contribution in [0.4, 0.5) is 5.69 Å². The van der Waals surface area contributed by atoms with Crippen molar-refractivity contribution >= 4 is 39.3 Å². The third-order valence-corrected chi connectivity index (χ3v) is 4.22. The molecule has 0 aliphatic heterocycles. The lowest BCUT2D eigenvalue weighted by Crippen LogP contribution is -2.30. The van der Waals surface area contributed by atoms with Crippen LogP contribution in [-0.4, -0.2) is 11.2 Å². The Bertz CT molecular complexity index is 604. The molecule has 104 valence electrons. The number of hydrogen-bond donors (Lipinski definition) is 1. The minimum Gasteiger partial charge on any atom is -0.618 e. The monoisotopic (exact) mass is 352 g/mol. The number of thioether (sulfide) groups is 1. The highest BCUT2D eigenvalue weighted by Crippen LogP contribution is 2.21. The molecule has 1 N–H and O–H groups in total. The first-order valence-electron chi connectivity index (χ1n) is 5.97. The van der Waals surface area contributed by atoms with Gasteiger partial charge in [-0.25, -0.2) is 0 Å². The smallest absolute Gasteiger partial charge is 0.252 e. The fourth-order valence-electron chi connectivity index (χ4n) is 1.52. The Morgan fingerprint density at radius 2 is 2.00 bits per heavy atom. The van der Waals surface area contributed by atoms with E-state index in [9.17, 15) is 10.0 Å². The van der Waals surface area contributed by atoms with Crippen molar-refractivity contribution in [2.75, 3.05) is 5.32 Å². The molecule has 1 amide bonds. The predicted molar refractivity (Wildman–Crippen MR) is 83.5 cm³/mol.